The molecule has 76 valence electrons. The summed E-state index contributed by atoms with van der Waals surface area (Å²) in [6.45, 7) is 3.63. The van der Waals surface area contributed by atoms with Gasteiger partial charge in [-0.3, -0.25) is 9.89 Å². The lowest BCUT2D eigenvalue weighted by Crippen LogP contribution is -2.35. The lowest BCUT2D eigenvalue weighted by molar-refractivity contribution is -0.123. The van der Waals surface area contributed by atoms with Crippen molar-refractivity contribution in [2.24, 2.45) is 5.41 Å². The molecule has 1 aromatic heterocycles. The number of carbonyl (C=O) groups is 1. The van der Waals surface area contributed by atoms with Gasteiger partial charge in [0.05, 0.1) is 17.3 Å². The Hall–Kier alpha value is -1.36. The minimum Gasteiger partial charge on any atom is -0.323 e. The smallest absolute Gasteiger partial charge is 0.231 e. The first-order valence-electron chi connectivity index (χ1n) is 4.72. The van der Waals surface area contributed by atoms with E-state index in [4.69, 9.17) is 0 Å². The Kier molecular flexibility index (Phi) is 2.25. The molecule has 14 heavy (non-hydrogen) atoms. The van der Waals surface area contributed by atoms with Gasteiger partial charge in [0.15, 0.2) is 0 Å². The molecule has 1 fully saturated rings. The van der Waals surface area contributed by atoms with Crippen molar-refractivity contribution >= 4 is 11.6 Å². The Bertz CT molecular complexity index is 314. The Morgan fingerprint density at radius 3 is 3.14 bits per heavy atom. The number of amides is 1. The van der Waals surface area contributed by atoms with Gasteiger partial charge in [-0.1, -0.05) is 0 Å². The van der Waals surface area contributed by atoms with Crippen LogP contribution in [0.2, 0.25) is 0 Å². The van der Waals surface area contributed by atoms with Crippen molar-refractivity contribution in [3.8, 4) is 0 Å². The second-order valence-electron chi connectivity index (χ2n) is 3.93. The van der Waals surface area contributed by atoms with Gasteiger partial charge in [-0.2, -0.15) is 5.10 Å². The van der Waals surface area contributed by atoms with Gasteiger partial charge < -0.3 is 10.6 Å². The van der Waals surface area contributed by atoms with Gasteiger partial charge in [0.1, 0.15) is 0 Å². The third-order valence-corrected chi connectivity index (χ3v) is 2.67. The van der Waals surface area contributed by atoms with Crippen molar-refractivity contribution in [2.75, 3.05) is 18.4 Å². The molecule has 0 saturated carbocycles. The number of carbonyl (C=O) groups excluding carboxylic acids is 1. The van der Waals surface area contributed by atoms with Crippen LogP contribution in [-0.4, -0.2) is 29.2 Å². The number of anilines is 1. The van der Waals surface area contributed by atoms with Crippen LogP contribution in [0.4, 0.5) is 5.69 Å². The maximum Gasteiger partial charge on any atom is 0.231 e. The fraction of sp³-hybridized carbons (Fsp3) is 0.556. The van der Waals surface area contributed by atoms with Crippen molar-refractivity contribution in [3.63, 3.8) is 0 Å². The SMILES string of the molecule is CC1(C(=O)Nc2cn[nH]c2)CCNC1. The summed E-state index contributed by atoms with van der Waals surface area (Å²) in [5.74, 6) is 0.0592. The molecule has 1 unspecified atom stereocenters. The quantitative estimate of drug-likeness (QED) is 0.636. The van der Waals surface area contributed by atoms with Gasteiger partial charge in [0.2, 0.25) is 5.91 Å². The average Bonchev–Trinajstić information content (AvgIpc) is 2.76. The summed E-state index contributed by atoms with van der Waals surface area (Å²) < 4.78 is 0. The minimum atomic E-state index is -0.280. The molecule has 1 saturated heterocycles. The molecule has 0 aromatic carbocycles. The number of H-pyrrole nitrogens is 1. The monoisotopic (exact) mass is 194 g/mol. The predicted octanol–water partition coefficient (Wildman–Crippen LogP) is 0.348. The molecule has 1 aliphatic rings. The van der Waals surface area contributed by atoms with Gasteiger partial charge in [-0.15, -0.1) is 0 Å². The van der Waals surface area contributed by atoms with Crippen LogP contribution < -0.4 is 10.6 Å². The second kappa shape index (κ2) is 3.42. The van der Waals surface area contributed by atoms with Crippen LogP contribution in [0.5, 0.6) is 0 Å². The van der Waals surface area contributed by atoms with E-state index in [0.29, 0.717) is 0 Å². The molecule has 5 nitrogen and oxygen atoms in total. The van der Waals surface area contributed by atoms with Crippen molar-refractivity contribution in [1.29, 1.82) is 0 Å². The third kappa shape index (κ3) is 1.63. The second-order valence-corrected chi connectivity index (χ2v) is 3.93. The molecule has 1 atom stereocenters. The lowest BCUT2D eigenvalue weighted by Gasteiger charge is -2.20. The standard InChI is InChI=1S/C9H14N4O/c1-9(2-3-10-6-9)8(14)13-7-4-11-12-5-7/h4-5,10H,2-3,6H2,1H3,(H,11,12)(H,13,14). The maximum absolute atomic E-state index is 11.8. The largest absolute Gasteiger partial charge is 0.323 e. The van der Waals surface area contributed by atoms with E-state index in [0.717, 1.165) is 25.2 Å². The highest BCUT2D eigenvalue weighted by atomic mass is 16.2. The fourth-order valence-corrected chi connectivity index (χ4v) is 1.61. The first-order valence-corrected chi connectivity index (χ1v) is 4.72. The summed E-state index contributed by atoms with van der Waals surface area (Å²) in [4.78, 5) is 11.8. The van der Waals surface area contributed by atoms with Crippen molar-refractivity contribution in [3.05, 3.63) is 12.4 Å². The zero-order valence-electron chi connectivity index (χ0n) is 8.13. The summed E-state index contributed by atoms with van der Waals surface area (Å²) in [6, 6.07) is 0. The zero-order valence-corrected chi connectivity index (χ0v) is 8.13. The van der Waals surface area contributed by atoms with Crippen molar-refractivity contribution < 1.29 is 4.79 Å². The summed E-state index contributed by atoms with van der Waals surface area (Å²) in [6.07, 6.45) is 4.16. The van der Waals surface area contributed by atoms with Gasteiger partial charge >= 0.3 is 0 Å². The summed E-state index contributed by atoms with van der Waals surface area (Å²) >= 11 is 0. The van der Waals surface area contributed by atoms with E-state index in [-0.39, 0.29) is 11.3 Å². The van der Waals surface area contributed by atoms with Crippen LogP contribution in [0.15, 0.2) is 12.4 Å². The average molecular weight is 194 g/mol. The Balaban J connectivity index is 2.02. The molecular weight excluding hydrogens is 180 g/mol. The van der Waals surface area contributed by atoms with E-state index in [1.54, 1.807) is 12.4 Å². The van der Waals surface area contributed by atoms with Gasteiger partial charge in [-0.25, -0.2) is 0 Å². The minimum absolute atomic E-state index is 0.0592. The zero-order chi connectivity index (χ0) is 10.0. The number of nitrogens with one attached hydrogen (secondary N) is 3. The molecule has 1 aromatic rings. The van der Waals surface area contributed by atoms with Crippen molar-refractivity contribution in [2.45, 2.75) is 13.3 Å². The molecule has 0 radical (unpaired) electrons. The van der Waals surface area contributed by atoms with Crippen LogP contribution in [0, 0.1) is 5.41 Å². The summed E-state index contributed by atoms with van der Waals surface area (Å²) in [7, 11) is 0. The molecule has 0 spiro atoms. The van der Waals surface area contributed by atoms with Crippen LogP contribution in [0.3, 0.4) is 0 Å². The normalized spacial score (nSPS) is 26.4. The first kappa shape index (κ1) is 9.21. The number of hydrogen-bond donors (Lipinski definition) is 3. The molecule has 1 aliphatic heterocycles. The van der Waals surface area contributed by atoms with Crippen LogP contribution in [-0.2, 0) is 4.79 Å². The van der Waals surface area contributed by atoms with E-state index in [1.165, 1.54) is 0 Å². The molecule has 0 bridgehead atoms. The van der Waals surface area contributed by atoms with E-state index in [9.17, 15) is 4.79 Å². The topological polar surface area (TPSA) is 69.8 Å². The molecule has 3 N–H and O–H groups in total. The number of nitrogens with zero attached hydrogens (tertiary/aromatic N) is 1. The number of aromatic amines is 1. The van der Waals surface area contributed by atoms with Gasteiger partial charge in [0, 0.05) is 12.7 Å². The van der Waals surface area contributed by atoms with E-state index in [1.807, 2.05) is 6.92 Å². The van der Waals surface area contributed by atoms with Crippen LogP contribution in [0.1, 0.15) is 13.3 Å². The lowest BCUT2D eigenvalue weighted by atomic mass is 9.89. The number of hydrogen-bond acceptors (Lipinski definition) is 3. The molecule has 0 aliphatic carbocycles. The fourth-order valence-electron chi connectivity index (χ4n) is 1.61. The molecule has 1 amide bonds. The number of aromatic nitrogens is 2. The summed E-state index contributed by atoms with van der Waals surface area (Å²) in [5, 5.41) is 12.4. The Labute approximate surface area is 82.3 Å². The van der Waals surface area contributed by atoms with E-state index in [2.05, 4.69) is 20.8 Å². The molecule has 2 rings (SSSR count). The van der Waals surface area contributed by atoms with E-state index >= 15 is 0 Å². The Morgan fingerprint density at radius 2 is 2.57 bits per heavy atom. The molecule has 5 heteroatoms. The van der Waals surface area contributed by atoms with Gasteiger partial charge in [0.25, 0.3) is 0 Å². The Morgan fingerprint density at radius 1 is 1.71 bits per heavy atom. The third-order valence-electron chi connectivity index (χ3n) is 2.67. The highest BCUT2D eigenvalue weighted by Crippen LogP contribution is 2.25. The number of rotatable bonds is 2. The van der Waals surface area contributed by atoms with Crippen LogP contribution in [0.25, 0.3) is 0 Å². The maximum atomic E-state index is 11.8. The van der Waals surface area contributed by atoms with Crippen LogP contribution >= 0.6 is 0 Å². The highest BCUT2D eigenvalue weighted by molar-refractivity contribution is 5.95. The first-order chi connectivity index (χ1) is 6.71. The molecule has 2 heterocycles. The van der Waals surface area contributed by atoms with Crippen molar-refractivity contribution in [1.82, 2.24) is 15.5 Å². The molecular formula is C9H14N4O. The predicted molar refractivity (Wildman–Crippen MR) is 52.8 cm³/mol. The highest BCUT2D eigenvalue weighted by Gasteiger charge is 2.36. The summed E-state index contributed by atoms with van der Waals surface area (Å²) in [5.41, 5.74) is 0.445. The van der Waals surface area contributed by atoms with E-state index < -0.39 is 0 Å². The van der Waals surface area contributed by atoms with Gasteiger partial charge in [-0.05, 0) is 19.9 Å².